The van der Waals surface area contributed by atoms with Gasteiger partial charge in [0.05, 0.1) is 17.7 Å². The monoisotopic (exact) mass is 450 g/mol. The first-order valence-electron chi connectivity index (χ1n) is 11.0. The van der Waals surface area contributed by atoms with Gasteiger partial charge in [-0.1, -0.05) is 84.5 Å². The van der Waals surface area contributed by atoms with Gasteiger partial charge in [-0.15, -0.1) is 0 Å². The van der Waals surface area contributed by atoms with E-state index in [4.69, 9.17) is 0 Å². The van der Waals surface area contributed by atoms with Gasteiger partial charge in [0, 0.05) is 19.2 Å². The van der Waals surface area contributed by atoms with Crippen LogP contribution in [-0.2, 0) is 18.5 Å². The number of pyridine rings is 1. The Kier molecular flexibility index (Phi) is 8.23. The first kappa shape index (κ1) is 24.5. The summed E-state index contributed by atoms with van der Waals surface area (Å²) in [7, 11) is 0. The van der Waals surface area contributed by atoms with E-state index in [0.717, 1.165) is 28.5 Å². The van der Waals surface area contributed by atoms with Crippen LogP contribution in [0.4, 0.5) is 13.2 Å². The number of benzene rings is 2. The maximum Gasteiger partial charge on any atom is 0.392 e. The summed E-state index contributed by atoms with van der Waals surface area (Å²) >= 11 is 0. The highest BCUT2D eigenvalue weighted by Gasteiger charge is 2.35. The molecule has 33 heavy (non-hydrogen) atoms. The van der Waals surface area contributed by atoms with Crippen LogP contribution in [-0.4, -0.2) is 11.2 Å². The first-order valence-corrected chi connectivity index (χ1v) is 11.0. The Bertz CT molecular complexity index is 1060. The minimum atomic E-state index is -4.22. The molecule has 0 aliphatic rings. The molecule has 0 amide bonds. The molecule has 2 aromatic carbocycles. The molecule has 0 fully saturated rings. The van der Waals surface area contributed by atoms with Gasteiger partial charge in [-0.3, -0.25) is 10.3 Å². The highest BCUT2D eigenvalue weighted by atomic mass is 19.4. The molecule has 0 aliphatic carbocycles. The largest absolute Gasteiger partial charge is 0.392 e. The molecule has 0 bridgehead atoms. The SMILES string of the molecule is C/C(=C\C=C/CC(F)(F)F)C(Cc1ccccc1)(NCc1ccc(C)cc1)c1ccccn1. The fourth-order valence-corrected chi connectivity index (χ4v) is 3.76. The van der Waals surface area contributed by atoms with Crippen LogP contribution in [0.5, 0.6) is 0 Å². The van der Waals surface area contributed by atoms with Crippen molar-refractivity contribution >= 4 is 0 Å². The highest BCUT2D eigenvalue weighted by molar-refractivity contribution is 5.36. The summed E-state index contributed by atoms with van der Waals surface area (Å²) in [5.41, 5.74) is 4.41. The molecule has 5 heteroatoms. The molecule has 0 saturated heterocycles. The van der Waals surface area contributed by atoms with Gasteiger partial charge in [0.25, 0.3) is 0 Å². The van der Waals surface area contributed by atoms with Gasteiger partial charge in [-0.25, -0.2) is 0 Å². The summed E-state index contributed by atoms with van der Waals surface area (Å²) in [5.74, 6) is 0. The lowest BCUT2D eigenvalue weighted by molar-refractivity contribution is -0.125. The van der Waals surface area contributed by atoms with E-state index in [0.29, 0.717) is 13.0 Å². The van der Waals surface area contributed by atoms with Gasteiger partial charge < -0.3 is 0 Å². The maximum absolute atomic E-state index is 12.6. The van der Waals surface area contributed by atoms with E-state index in [1.807, 2.05) is 50.2 Å². The van der Waals surface area contributed by atoms with Crippen molar-refractivity contribution in [2.45, 2.75) is 44.9 Å². The van der Waals surface area contributed by atoms with E-state index in [-0.39, 0.29) is 0 Å². The molecule has 1 N–H and O–H groups in total. The minimum absolute atomic E-state index is 0.584. The van der Waals surface area contributed by atoms with E-state index < -0.39 is 18.1 Å². The number of hydrogen-bond acceptors (Lipinski definition) is 2. The van der Waals surface area contributed by atoms with Crippen molar-refractivity contribution in [2.75, 3.05) is 0 Å². The number of nitrogens with one attached hydrogen (secondary N) is 1. The molecule has 3 rings (SSSR count). The zero-order valence-corrected chi connectivity index (χ0v) is 18.9. The fourth-order valence-electron chi connectivity index (χ4n) is 3.76. The van der Waals surface area contributed by atoms with Crippen LogP contribution in [0.3, 0.4) is 0 Å². The lowest BCUT2D eigenvalue weighted by atomic mass is 9.80. The summed E-state index contributed by atoms with van der Waals surface area (Å²) in [5, 5.41) is 3.70. The summed E-state index contributed by atoms with van der Waals surface area (Å²) in [6, 6.07) is 24.1. The average Bonchev–Trinajstić information content (AvgIpc) is 2.81. The third kappa shape index (κ3) is 7.16. The number of nitrogens with zero attached hydrogens (tertiary/aromatic N) is 1. The molecule has 0 spiro atoms. The molecule has 0 saturated carbocycles. The van der Waals surface area contributed by atoms with Crippen molar-refractivity contribution in [3.05, 3.63) is 125 Å². The Morgan fingerprint density at radius 1 is 0.909 bits per heavy atom. The molecule has 0 radical (unpaired) electrons. The molecule has 172 valence electrons. The number of halogens is 3. The van der Waals surface area contributed by atoms with Crippen LogP contribution in [0.15, 0.2) is 103 Å². The molecule has 0 aliphatic heterocycles. The normalized spacial score (nSPS) is 14.4. The standard InChI is InChI=1S/C28H29F3N2/c1-22-14-16-25(17-15-22)21-33-27(26-13-7-9-19-32-26,20-24-11-4-3-5-12-24)23(2)10-6-8-18-28(29,30)31/h3-17,19,33H,18,20-21H2,1-2H3/b8-6-,23-10+. The van der Waals surface area contributed by atoms with Crippen molar-refractivity contribution in [1.29, 1.82) is 0 Å². The number of rotatable bonds is 9. The van der Waals surface area contributed by atoms with Gasteiger partial charge in [0.15, 0.2) is 0 Å². The van der Waals surface area contributed by atoms with Crippen molar-refractivity contribution in [1.82, 2.24) is 10.3 Å². The second kappa shape index (κ2) is 11.1. The quantitative estimate of drug-likeness (QED) is 0.353. The third-order valence-electron chi connectivity index (χ3n) is 5.63. The summed E-state index contributed by atoms with van der Waals surface area (Å²) in [4.78, 5) is 4.65. The van der Waals surface area contributed by atoms with E-state index in [2.05, 4.69) is 46.7 Å². The number of allylic oxidation sites excluding steroid dienone is 3. The molecule has 1 heterocycles. The van der Waals surface area contributed by atoms with Gasteiger partial charge >= 0.3 is 6.18 Å². The third-order valence-corrected chi connectivity index (χ3v) is 5.63. The van der Waals surface area contributed by atoms with Crippen molar-refractivity contribution in [2.24, 2.45) is 0 Å². The predicted molar refractivity (Wildman–Crippen MR) is 128 cm³/mol. The molecular formula is C28H29F3N2. The number of alkyl halides is 3. The van der Waals surface area contributed by atoms with Gasteiger partial charge in [-0.2, -0.15) is 13.2 Å². The van der Waals surface area contributed by atoms with Crippen LogP contribution in [0, 0.1) is 6.92 Å². The number of hydrogen-bond donors (Lipinski definition) is 1. The highest BCUT2D eigenvalue weighted by Crippen LogP contribution is 2.33. The van der Waals surface area contributed by atoms with Gasteiger partial charge in [0.1, 0.15) is 0 Å². The second-order valence-corrected chi connectivity index (χ2v) is 8.22. The van der Waals surface area contributed by atoms with Crippen molar-refractivity contribution in [3.63, 3.8) is 0 Å². The fraction of sp³-hybridized carbons (Fsp3) is 0.250. The summed E-state index contributed by atoms with van der Waals surface area (Å²) in [6.45, 7) is 4.57. The predicted octanol–water partition coefficient (Wildman–Crippen LogP) is 7.07. The van der Waals surface area contributed by atoms with E-state index in [1.54, 1.807) is 12.3 Å². The number of aryl methyl sites for hydroxylation is 1. The van der Waals surface area contributed by atoms with Crippen LogP contribution in [0.2, 0.25) is 0 Å². The molecule has 1 atom stereocenters. The molecule has 2 nitrogen and oxygen atoms in total. The molecule has 1 unspecified atom stereocenters. The van der Waals surface area contributed by atoms with E-state index in [9.17, 15) is 13.2 Å². The van der Waals surface area contributed by atoms with E-state index in [1.165, 1.54) is 11.6 Å². The lowest BCUT2D eigenvalue weighted by Gasteiger charge is -2.36. The second-order valence-electron chi connectivity index (χ2n) is 8.22. The average molecular weight is 451 g/mol. The zero-order chi connectivity index (χ0) is 23.7. The van der Waals surface area contributed by atoms with E-state index >= 15 is 0 Å². The van der Waals surface area contributed by atoms with Crippen LogP contribution in [0.1, 0.15) is 35.7 Å². The Morgan fingerprint density at radius 2 is 1.61 bits per heavy atom. The maximum atomic E-state index is 12.6. The van der Waals surface area contributed by atoms with Crippen LogP contribution >= 0.6 is 0 Å². The lowest BCUT2D eigenvalue weighted by Crippen LogP contribution is -2.45. The van der Waals surface area contributed by atoms with Crippen LogP contribution < -0.4 is 5.32 Å². The van der Waals surface area contributed by atoms with Gasteiger partial charge in [-0.05, 0) is 42.7 Å². The van der Waals surface area contributed by atoms with Crippen molar-refractivity contribution in [3.8, 4) is 0 Å². The minimum Gasteiger partial charge on any atom is -0.298 e. The van der Waals surface area contributed by atoms with Gasteiger partial charge in [0.2, 0.25) is 0 Å². The smallest absolute Gasteiger partial charge is 0.298 e. The number of aromatic nitrogens is 1. The molecule has 3 aromatic rings. The Morgan fingerprint density at radius 3 is 2.24 bits per heavy atom. The first-order chi connectivity index (χ1) is 15.8. The van der Waals surface area contributed by atoms with Crippen LogP contribution in [0.25, 0.3) is 0 Å². The Labute approximate surface area is 193 Å². The Balaban J connectivity index is 2.02. The molecule has 1 aromatic heterocycles. The Hall–Kier alpha value is -3.18. The summed E-state index contributed by atoms with van der Waals surface area (Å²) in [6.07, 6.45) is 1.56. The summed E-state index contributed by atoms with van der Waals surface area (Å²) < 4.78 is 37.8. The van der Waals surface area contributed by atoms with Crippen molar-refractivity contribution < 1.29 is 13.2 Å². The topological polar surface area (TPSA) is 24.9 Å². The zero-order valence-electron chi connectivity index (χ0n) is 18.9. The molecular weight excluding hydrogens is 421 g/mol.